The first-order valence-corrected chi connectivity index (χ1v) is 10.7. The molecule has 132 valence electrons. The van der Waals surface area contributed by atoms with Crippen LogP contribution < -0.4 is 0 Å². The molecule has 0 aromatic heterocycles. The molecular weight excluding hydrogens is 304 g/mol. The van der Waals surface area contributed by atoms with Crippen LogP contribution in [0.1, 0.15) is 66.2 Å². The average Bonchev–Trinajstić information content (AvgIpc) is 3.17. The predicted molar refractivity (Wildman–Crippen MR) is 96.9 cm³/mol. The minimum atomic E-state index is 0.479. The summed E-state index contributed by atoms with van der Waals surface area (Å²) in [6, 6.07) is 0. The maximum absolute atomic E-state index is 6.07. The van der Waals surface area contributed by atoms with Crippen LogP contribution in [0.5, 0.6) is 0 Å². The van der Waals surface area contributed by atoms with Gasteiger partial charge in [0.15, 0.2) is 0 Å². The summed E-state index contributed by atoms with van der Waals surface area (Å²) in [6.07, 6.45) is 8.89. The SMILES string of the molecule is CC1CC1(SC1(C(C)C2CCCO2)CC1C)C(C)C1CCCO1. The molecule has 4 fully saturated rings. The fraction of sp³-hybridized carbons (Fsp3) is 1.00. The fourth-order valence-corrected chi connectivity index (χ4v) is 8.01. The quantitative estimate of drug-likeness (QED) is 0.686. The molecule has 4 rings (SSSR count). The van der Waals surface area contributed by atoms with Gasteiger partial charge in [0.05, 0.1) is 12.2 Å². The molecule has 8 atom stereocenters. The molecule has 0 bridgehead atoms. The Hall–Kier alpha value is 0.270. The van der Waals surface area contributed by atoms with Gasteiger partial charge in [-0.15, -0.1) is 11.8 Å². The summed E-state index contributed by atoms with van der Waals surface area (Å²) in [4.78, 5) is 0. The van der Waals surface area contributed by atoms with Gasteiger partial charge >= 0.3 is 0 Å². The second kappa shape index (κ2) is 5.92. The summed E-state index contributed by atoms with van der Waals surface area (Å²) in [6.45, 7) is 11.9. The Morgan fingerprint density at radius 2 is 1.22 bits per heavy atom. The summed E-state index contributed by atoms with van der Waals surface area (Å²) in [5, 5.41) is 0. The topological polar surface area (TPSA) is 18.5 Å². The van der Waals surface area contributed by atoms with Crippen LogP contribution in [0.4, 0.5) is 0 Å². The minimum absolute atomic E-state index is 0.479. The zero-order valence-electron chi connectivity index (χ0n) is 15.3. The highest BCUT2D eigenvalue weighted by molar-refractivity contribution is 8.02. The van der Waals surface area contributed by atoms with Gasteiger partial charge in [-0.2, -0.15) is 0 Å². The summed E-state index contributed by atoms with van der Waals surface area (Å²) < 4.78 is 13.1. The van der Waals surface area contributed by atoms with Crippen molar-refractivity contribution in [3.8, 4) is 0 Å². The van der Waals surface area contributed by atoms with Crippen LogP contribution in [-0.2, 0) is 9.47 Å². The van der Waals surface area contributed by atoms with E-state index in [0.29, 0.717) is 33.5 Å². The Morgan fingerprint density at radius 3 is 1.48 bits per heavy atom. The highest BCUT2D eigenvalue weighted by Gasteiger charge is 2.67. The van der Waals surface area contributed by atoms with Crippen LogP contribution in [-0.4, -0.2) is 34.9 Å². The van der Waals surface area contributed by atoms with Crippen molar-refractivity contribution >= 4 is 11.8 Å². The molecule has 0 spiro atoms. The van der Waals surface area contributed by atoms with E-state index >= 15 is 0 Å². The van der Waals surface area contributed by atoms with Crippen molar-refractivity contribution in [2.45, 2.75) is 87.9 Å². The Labute approximate surface area is 146 Å². The van der Waals surface area contributed by atoms with E-state index in [0.717, 1.165) is 25.0 Å². The lowest BCUT2D eigenvalue weighted by Gasteiger charge is -2.37. The van der Waals surface area contributed by atoms with Crippen molar-refractivity contribution in [1.29, 1.82) is 0 Å². The van der Waals surface area contributed by atoms with Gasteiger partial charge in [-0.3, -0.25) is 0 Å². The van der Waals surface area contributed by atoms with E-state index in [1.54, 1.807) is 0 Å². The van der Waals surface area contributed by atoms with E-state index in [-0.39, 0.29) is 0 Å². The molecule has 2 saturated heterocycles. The van der Waals surface area contributed by atoms with Gasteiger partial charge in [-0.1, -0.05) is 27.7 Å². The van der Waals surface area contributed by atoms with E-state index < -0.39 is 0 Å². The third-order valence-electron chi connectivity index (χ3n) is 7.57. The van der Waals surface area contributed by atoms with Crippen LogP contribution in [0.2, 0.25) is 0 Å². The second-order valence-electron chi connectivity index (χ2n) is 8.90. The summed E-state index contributed by atoms with van der Waals surface area (Å²) in [7, 11) is 0. The first kappa shape index (κ1) is 16.7. The molecule has 2 saturated carbocycles. The third kappa shape index (κ3) is 2.69. The molecule has 2 heterocycles. The molecule has 0 N–H and O–H groups in total. The van der Waals surface area contributed by atoms with Crippen molar-refractivity contribution in [2.24, 2.45) is 23.7 Å². The van der Waals surface area contributed by atoms with Gasteiger partial charge in [0.2, 0.25) is 0 Å². The normalized spacial score (nSPS) is 51.7. The van der Waals surface area contributed by atoms with E-state index in [9.17, 15) is 0 Å². The third-order valence-corrected chi connectivity index (χ3v) is 10.2. The lowest BCUT2D eigenvalue weighted by atomic mass is 9.94. The summed E-state index contributed by atoms with van der Waals surface area (Å²) >= 11 is 2.37. The van der Waals surface area contributed by atoms with E-state index in [1.165, 1.54) is 38.5 Å². The first-order chi connectivity index (χ1) is 11.0. The zero-order chi connectivity index (χ0) is 16.2. The van der Waals surface area contributed by atoms with E-state index in [1.807, 2.05) is 0 Å². The molecule has 0 aromatic carbocycles. The van der Waals surface area contributed by atoms with Crippen molar-refractivity contribution < 1.29 is 9.47 Å². The Balaban J connectivity index is 1.50. The van der Waals surface area contributed by atoms with Crippen molar-refractivity contribution in [2.75, 3.05) is 13.2 Å². The van der Waals surface area contributed by atoms with Gasteiger partial charge in [-0.05, 0) is 62.2 Å². The molecule has 2 nitrogen and oxygen atoms in total. The van der Waals surface area contributed by atoms with Gasteiger partial charge in [0.25, 0.3) is 0 Å². The molecule has 8 unspecified atom stereocenters. The lowest BCUT2D eigenvalue weighted by molar-refractivity contribution is 0.0609. The molecule has 0 aromatic rings. The fourth-order valence-electron chi connectivity index (χ4n) is 5.56. The van der Waals surface area contributed by atoms with Gasteiger partial charge in [0, 0.05) is 22.7 Å². The lowest BCUT2D eigenvalue weighted by Crippen LogP contribution is -2.37. The van der Waals surface area contributed by atoms with Crippen LogP contribution in [0, 0.1) is 23.7 Å². The Morgan fingerprint density at radius 1 is 0.826 bits per heavy atom. The van der Waals surface area contributed by atoms with Gasteiger partial charge < -0.3 is 9.47 Å². The molecule has 0 amide bonds. The maximum Gasteiger partial charge on any atom is 0.0614 e. The summed E-state index contributed by atoms with van der Waals surface area (Å²) in [5.74, 6) is 3.11. The number of hydrogen-bond donors (Lipinski definition) is 0. The smallest absolute Gasteiger partial charge is 0.0614 e. The highest BCUT2D eigenvalue weighted by atomic mass is 32.2. The number of ether oxygens (including phenoxy) is 2. The van der Waals surface area contributed by atoms with Crippen LogP contribution in [0.3, 0.4) is 0 Å². The predicted octanol–water partition coefficient (Wildman–Crippen LogP) is 4.91. The van der Waals surface area contributed by atoms with Crippen LogP contribution in [0.15, 0.2) is 0 Å². The maximum atomic E-state index is 6.07. The molecule has 0 radical (unpaired) electrons. The molecule has 3 heteroatoms. The first-order valence-electron chi connectivity index (χ1n) is 9.93. The van der Waals surface area contributed by atoms with Crippen LogP contribution in [0.25, 0.3) is 0 Å². The number of rotatable bonds is 6. The van der Waals surface area contributed by atoms with Crippen molar-refractivity contribution in [3.63, 3.8) is 0 Å². The largest absolute Gasteiger partial charge is 0.378 e. The second-order valence-corrected chi connectivity index (χ2v) is 10.6. The van der Waals surface area contributed by atoms with Gasteiger partial charge in [0.1, 0.15) is 0 Å². The monoisotopic (exact) mass is 338 g/mol. The number of thioether (sulfide) groups is 1. The average molecular weight is 339 g/mol. The summed E-state index contributed by atoms with van der Waals surface area (Å²) in [5.41, 5.74) is 0. The van der Waals surface area contributed by atoms with Crippen molar-refractivity contribution in [1.82, 2.24) is 0 Å². The van der Waals surface area contributed by atoms with Gasteiger partial charge in [-0.25, -0.2) is 0 Å². The van der Waals surface area contributed by atoms with Crippen molar-refractivity contribution in [3.05, 3.63) is 0 Å². The number of hydrogen-bond acceptors (Lipinski definition) is 3. The highest BCUT2D eigenvalue weighted by Crippen LogP contribution is 2.72. The molecule has 2 aliphatic heterocycles. The van der Waals surface area contributed by atoms with Crippen LogP contribution >= 0.6 is 11.8 Å². The molecule has 4 aliphatic rings. The Bertz CT molecular complexity index is 403. The van der Waals surface area contributed by atoms with E-state index in [2.05, 4.69) is 39.5 Å². The Kier molecular flexibility index (Phi) is 4.30. The standard InChI is InChI=1S/C20H34O2S/c1-13-11-19(13,15(3)17-7-5-9-21-17)23-20(12-14(20)2)16(4)18-8-6-10-22-18/h13-18H,5-12H2,1-4H3. The molecule has 2 aliphatic carbocycles. The minimum Gasteiger partial charge on any atom is -0.378 e. The zero-order valence-corrected chi connectivity index (χ0v) is 16.2. The van der Waals surface area contributed by atoms with E-state index in [4.69, 9.17) is 9.47 Å². The molecule has 23 heavy (non-hydrogen) atoms. The molecular formula is C20H34O2S.